The largest absolute Gasteiger partial charge is 0.493 e. The molecule has 0 radical (unpaired) electrons. The number of hydrogen-bond donors (Lipinski definition) is 1. The Morgan fingerprint density at radius 3 is 2.64 bits per heavy atom. The minimum Gasteiger partial charge on any atom is -0.493 e. The lowest BCUT2D eigenvalue weighted by Gasteiger charge is -2.08. The number of hydrazone groups is 1. The van der Waals surface area contributed by atoms with Gasteiger partial charge in [-0.15, -0.1) is 11.3 Å². The highest BCUT2D eigenvalue weighted by Crippen LogP contribution is 2.37. The maximum atomic E-state index is 13.0. The third-order valence-corrected chi connectivity index (χ3v) is 4.44. The highest BCUT2D eigenvalue weighted by Gasteiger charge is 2.21. The number of rotatable bonds is 7. The number of hydrogen-bond acceptors (Lipinski definition) is 8. The average Bonchev–Trinajstić information content (AvgIpc) is 3.16. The number of ether oxygens (including phenoxy) is 2. The third kappa shape index (κ3) is 4.23. The standard InChI is InChI=1S/C18H15FN4O4S/c1-26-16-8-11(7-15(23(24)25)17(16)27-2)9-20-22-18-21-14(10-28-18)12-3-5-13(19)6-4-12/h3-10H,1-2H3,(H,21,22)/b20-9-. The topological polar surface area (TPSA) is 98.9 Å². The van der Waals surface area contributed by atoms with Crippen LogP contribution in [0.3, 0.4) is 0 Å². The molecule has 0 saturated heterocycles. The zero-order valence-electron chi connectivity index (χ0n) is 14.9. The second-order valence-electron chi connectivity index (χ2n) is 5.45. The lowest BCUT2D eigenvalue weighted by atomic mass is 10.2. The molecule has 1 heterocycles. The van der Waals surface area contributed by atoms with Gasteiger partial charge in [0.15, 0.2) is 5.75 Å². The number of nitro groups is 1. The van der Waals surface area contributed by atoms with E-state index >= 15 is 0 Å². The van der Waals surface area contributed by atoms with Gasteiger partial charge in [-0.25, -0.2) is 9.37 Å². The van der Waals surface area contributed by atoms with Crippen molar-refractivity contribution in [2.45, 2.75) is 0 Å². The Kier molecular flexibility index (Phi) is 5.80. The maximum absolute atomic E-state index is 13.0. The van der Waals surface area contributed by atoms with Gasteiger partial charge < -0.3 is 9.47 Å². The van der Waals surface area contributed by atoms with E-state index in [1.165, 1.54) is 50.0 Å². The van der Waals surface area contributed by atoms with Crippen molar-refractivity contribution >= 4 is 28.4 Å². The van der Waals surface area contributed by atoms with E-state index in [1.54, 1.807) is 18.2 Å². The van der Waals surface area contributed by atoms with Gasteiger partial charge >= 0.3 is 5.69 Å². The Balaban J connectivity index is 1.77. The summed E-state index contributed by atoms with van der Waals surface area (Å²) in [5.41, 5.74) is 4.46. The highest BCUT2D eigenvalue weighted by atomic mass is 32.1. The molecule has 0 saturated carbocycles. The molecule has 144 valence electrons. The zero-order valence-corrected chi connectivity index (χ0v) is 15.7. The first-order chi connectivity index (χ1) is 13.5. The lowest BCUT2D eigenvalue weighted by Crippen LogP contribution is -1.99. The molecule has 0 spiro atoms. The molecule has 1 N–H and O–H groups in total. The minimum absolute atomic E-state index is 0.0430. The van der Waals surface area contributed by atoms with Gasteiger partial charge in [0.1, 0.15) is 5.82 Å². The molecule has 0 aliphatic carbocycles. The summed E-state index contributed by atoms with van der Waals surface area (Å²) in [7, 11) is 2.73. The van der Waals surface area contributed by atoms with E-state index in [2.05, 4.69) is 15.5 Å². The fourth-order valence-electron chi connectivity index (χ4n) is 2.42. The Bertz CT molecular complexity index is 1020. The first-order valence-corrected chi connectivity index (χ1v) is 8.80. The summed E-state index contributed by atoms with van der Waals surface area (Å²) in [5.74, 6) is -0.0431. The van der Waals surface area contributed by atoms with Crippen molar-refractivity contribution in [1.29, 1.82) is 0 Å². The van der Waals surface area contributed by atoms with Gasteiger partial charge in [0.2, 0.25) is 10.9 Å². The van der Waals surface area contributed by atoms with Gasteiger partial charge in [-0.05, 0) is 30.3 Å². The predicted octanol–water partition coefficient (Wildman–Crippen LogP) is 4.32. The quantitative estimate of drug-likeness (QED) is 0.359. The molecule has 28 heavy (non-hydrogen) atoms. The summed E-state index contributed by atoms with van der Waals surface area (Å²) < 4.78 is 23.2. The number of anilines is 1. The molecule has 8 nitrogen and oxygen atoms in total. The van der Waals surface area contributed by atoms with Crippen LogP contribution in [0.5, 0.6) is 11.5 Å². The number of halogens is 1. The molecule has 10 heteroatoms. The van der Waals surface area contributed by atoms with E-state index < -0.39 is 4.92 Å². The van der Waals surface area contributed by atoms with E-state index in [4.69, 9.17) is 9.47 Å². The van der Waals surface area contributed by atoms with Gasteiger partial charge in [0.25, 0.3) is 0 Å². The van der Waals surface area contributed by atoms with Crippen LogP contribution in [0.25, 0.3) is 11.3 Å². The smallest absolute Gasteiger partial charge is 0.315 e. The number of nitrogens with zero attached hydrogens (tertiary/aromatic N) is 3. The molecule has 0 aliphatic rings. The number of benzene rings is 2. The maximum Gasteiger partial charge on any atom is 0.315 e. The van der Waals surface area contributed by atoms with Crippen LogP contribution >= 0.6 is 11.3 Å². The van der Waals surface area contributed by atoms with Crippen LogP contribution in [0.2, 0.25) is 0 Å². The molecule has 2 aromatic carbocycles. The van der Waals surface area contributed by atoms with Crippen LogP contribution in [0.4, 0.5) is 15.2 Å². The summed E-state index contributed by atoms with van der Waals surface area (Å²) >= 11 is 1.32. The number of methoxy groups -OCH3 is 2. The minimum atomic E-state index is -0.554. The number of nitro benzene ring substituents is 1. The molecule has 0 aliphatic heterocycles. The zero-order chi connectivity index (χ0) is 20.1. The normalized spacial score (nSPS) is 10.8. The number of nitrogens with one attached hydrogen (secondary N) is 1. The monoisotopic (exact) mass is 402 g/mol. The van der Waals surface area contributed by atoms with E-state index in [0.29, 0.717) is 16.4 Å². The van der Waals surface area contributed by atoms with Gasteiger partial charge in [0.05, 0.1) is 31.1 Å². The first-order valence-electron chi connectivity index (χ1n) is 7.92. The van der Waals surface area contributed by atoms with E-state index in [0.717, 1.165) is 5.56 Å². The summed E-state index contributed by atoms with van der Waals surface area (Å²) in [6.45, 7) is 0. The molecule has 1 aromatic heterocycles. The Morgan fingerprint density at radius 2 is 2.00 bits per heavy atom. The van der Waals surface area contributed by atoms with Crippen molar-refractivity contribution < 1.29 is 18.8 Å². The Morgan fingerprint density at radius 1 is 1.25 bits per heavy atom. The lowest BCUT2D eigenvalue weighted by molar-refractivity contribution is -0.385. The van der Waals surface area contributed by atoms with E-state index in [9.17, 15) is 14.5 Å². The highest BCUT2D eigenvalue weighted by molar-refractivity contribution is 7.14. The van der Waals surface area contributed by atoms with Crippen LogP contribution in [-0.2, 0) is 0 Å². The summed E-state index contributed by atoms with van der Waals surface area (Å²) in [6, 6.07) is 8.91. The fourth-order valence-corrected chi connectivity index (χ4v) is 3.08. The van der Waals surface area contributed by atoms with Gasteiger partial charge in [-0.2, -0.15) is 5.10 Å². The van der Waals surface area contributed by atoms with Gasteiger partial charge in [-0.1, -0.05) is 0 Å². The van der Waals surface area contributed by atoms with E-state index in [-0.39, 0.29) is 23.0 Å². The van der Waals surface area contributed by atoms with E-state index in [1.807, 2.05) is 5.38 Å². The van der Waals surface area contributed by atoms with Crippen molar-refractivity contribution in [2.75, 3.05) is 19.6 Å². The number of thiazole rings is 1. The van der Waals surface area contributed by atoms with Crippen molar-refractivity contribution in [1.82, 2.24) is 4.98 Å². The first kappa shape index (κ1) is 19.2. The number of aromatic nitrogens is 1. The molecule has 3 rings (SSSR count). The second kappa shape index (κ2) is 8.44. The summed E-state index contributed by atoms with van der Waals surface area (Å²) in [5, 5.41) is 17.6. The van der Waals surface area contributed by atoms with Crippen molar-refractivity contribution in [3.8, 4) is 22.8 Å². The Labute approximate surface area is 163 Å². The van der Waals surface area contributed by atoms with Crippen LogP contribution in [-0.4, -0.2) is 30.3 Å². The molecule has 0 atom stereocenters. The fraction of sp³-hybridized carbons (Fsp3) is 0.111. The molecule has 0 fully saturated rings. The van der Waals surface area contributed by atoms with Crippen molar-refractivity contribution in [2.24, 2.45) is 5.10 Å². The van der Waals surface area contributed by atoms with Crippen molar-refractivity contribution in [3.05, 3.63) is 63.3 Å². The SMILES string of the molecule is COc1cc(/C=N\Nc2nc(-c3ccc(F)cc3)cs2)cc([N+](=O)[O-])c1OC. The summed E-state index contributed by atoms with van der Waals surface area (Å²) in [4.78, 5) is 15.0. The van der Waals surface area contributed by atoms with Gasteiger partial charge in [-0.3, -0.25) is 15.5 Å². The summed E-state index contributed by atoms with van der Waals surface area (Å²) in [6.07, 6.45) is 1.41. The molecule has 0 bridgehead atoms. The third-order valence-electron chi connectivity index (χ3n) is 3.70. The second-order valence-corrected chi connectivity index (χ2v) is 6.31. The van der Waals surface area contributed by atoms with Crippen LogP contribution in [0.1, 0.15) is 5.56 Å². The Hall–Kier alpha value is -3.53. The van der Waals surface area contributed by atoms with Crippen LogP contribution in [0, 0.1) is 15.9 Å². The van der Waals surface area contributed by atoms with Gasteiger partial charge in [0, 0.05) is 22.6 Å². The molecular weight excluding hydrogens is 387 g/mol. The molecule has 0 amide bonds. The van der Waals surface area contributed by atoms with Crippen LogP contribution < -0.4 is 14.9 Å². The molecule has 0 unspecified atom stereocenters. The molecule has 3 aromatic rings. The predicted molar refractivity (Wildman–Crippen MR) is 105 cm³/mol. The molecular formula is C18H15FN4O4S. The van der Waals surface area contributed by atoms with Crippen molar-refractivity contribution in [3.63, 3.8) is 0 Å². The average molecular weight is 402 g/mol. The van der Waals surface area contributed by atoms with Crippen LogP contribution in [0.15, 0.2) is 46.9 Å².